The maximum atomic E-state index is 12.8. The molecule has 0 aliphatic heterocycles. The van der Waals surface area contributed by atoms with Crippen LogP contribution in [0.3, 0.4) is 0 Å². The molecule has 4 aliphatic carbocycles. The molecule has 0 saturated heterocycles. The Kier molecular flexibility index (Phi) is 7.16. The molecule has 0 amide bonds. The largest absolute Gasteiger partial charge is 0.480 e. The number of hydrogen-bond acceptors (Lipinski definition) is 5. The molecule has 3 N–H and O–H groups in total. The number of rotatable bonds is 7. The highest BCUT2D eigenvalue weighted by atomic mass is 16.6. The van der Waals surface area contributed by atoms with Crippen molar-refractivity contribution in [2.75, 3.05) is 6.54 Å². The second-order valence-electron chi connectivity index (χ2n) is 12.9. The Hall–Kier alpha value is -1.14. The molecule has 4 fully saturated rings. The van der Waals surface area contributed by atoms with Gasteiger partial charge in [0.15, 0.2) is 0 Å². The summed E-state index contributed by atoms with van der Waals surface area (Å²) in [5.74, 6) is 1.49. The van der Waals surface area contributed by atoms with E-state index in [2.05, 4.69) is 33.0 Å². The average Bonchev–Trinajstić information content (AvgIpc) is 3.08. The Bertz CT molecular complexity index is 785. The molecule has 34 heavy (non-hydrogen) atoms. The topological polar surface area (TPSA) is 95.9 Å². The zero-order valence-corrected chi connectivity index (χ0v) is 21.9. The second kappa shape index (κ2) is 9.38. The predicted molar refractivity (Wildman–Crippen MR) is 131 cm³/mol. The van der Waals surface area contributed by atoms with Crippen molar-refractivity contribution < 1.29 is 24.5 Å². The monoisotopic (exact) mass is 477 g/mol. The average molecular weight is 478 g/mol. The van der Waals surface area contributed by atoms with Gasteiger partial charge in [-0.15, -0.1) is 0 Å². The molecule has 0 aromatic carbocycles. The lowest BCUT2D eigenvalue weighted by molar-refractivity contribution is -0.186. The minimum absolute atomic E-state index is 0.0295. The van der Waals surface area contributed by atoms with Gasteiger partial charge in [-0.1, -0.05) is 34.6 Å². The highest BCUT2D eigenvalue weighted by molar-refractivity contribution is 5.81. The van der Waals surface area contributed by atoms with E-state index < -0.39 is 23.7 Å². The van der Waals surface area contributed by atoms with Gasteiger partial charge in [0, 0.05) is 6.42 Å². The summed E-state index contributed by atoms with van der Waals surface area (Å²) in [6.07, 6.45) is 7.59. The number of ether oxygens (including phenoxy) is 1. The number of carbonyl (C=O) groups excluding carboxylic acids is 1. The van der Waals surface area contributed by atoms with E-state index in [1.165, 1.54) is 0 Å². The molecule has 4 rings (SSSR count). The van der Waals surface area contributed by atoms with E-state index in [4.69, 9.17) is 4.74 Å². The Morgan fingerprint density at radius 3 is 2.44 bits per heavy atom. The van der Waals surface area contributed by atoms with Gasteiger partial charge in [0.2, 0.25) is 0 Å². The minimum atomic E-state index is -0.836. The van der Waals surface area contributed by atoms with Crippen molar-refractivity contribution in [3.05, 3.63) is 0 Å². The number of fused-ring (bicyclic) bond motifs is 5. The lowest BCUT2D eigenvalue weighted by atomic mass is 9.44. The van der Waals surface area contributed by atoms with Crippen LogP contribution in [0.5, 0.6) is 0 Å². The molecule has 0 radical (unpaired) electrons. The summed E-state index contributed by atoms with van der Waals surface area (Å²) in [4.78, 5) is 24.8. The smallest absolute Gasteiger partial charge is 0.324 e. The van der Waals surface area contributed by atoms with Crippen LogP contribution in [0, 0.1) is 40.4 Å². The standard InChI is InChI=1S/C28H47NO5/c1-6-24(31)34-23-16-26(4)18(15-22(23)30)7-8-19-20(26)9-12-27(5)21(19)10-13-28(27,25(32)33)29-14-11-17(2)3/h17-23,29-30H,6-16H2,1-5H3,(H,32,33)/t18?,19-,20-,21+,22?,23?,26+,27+,28?/m1/s1. The van der Waals surface area contributed by atoms with E-state index in [1.807, 2.05) is 0 Å². The fraction of sp³-hybridized carbons (Fsp3) is 0.929. The molecule has 4 saturated carbocycles. The number of carboxylic acid groups (broad SMARTS) is 1. The van der Waals surface area contributed by atoms with E-state index in [0.29, 0.717) is 48.9 Å². The fourth-order valence-corrected chi connectivity index (χ4v) is 8.96. The summed E-state index contributed by atoms with van der Waals surface area (Å²) in [6.45, 7) is 11.5. The molecular weight excluding hydrogens is 430 g/mol. The van der Waals surface area contributed by atoms with Gasteiger partial charge in [0.25, 0.3) is 0 Å². The van der Waals surface area contributed by atoms with E-state index >= 15 is 0 Å². The van der Waals surface area contributed by atoms with Crippen molar-refractivity contribution in [1.82, 2.24) is 5.32 Å². The number of hydrogen-bond donors (Lipinski definition) is 3. The van der Waals surface area contributed by atoms with Crippen molar-refractivity contribution in [3.8, 4) is 0 Å². The molecule has 0 heterocycles. The van der Waals surface area contributed by atoms with Crippen LogP contribution in [-0.2, 0) is 14.3 Å². The maximum absolute atomic E-state index is 12.8. The number of nitrogens with one attached hydrogen (secondary N) is 1. The number of aliphatic hydroxyl groups is 1. The normalized spacial score (nSPS) is 45.9. The van der Waals surface area contributed by atoms with Crippen molar-refractivity contribution in [2.45, 2.75) is 117 Å². The summed E-state index contributed by atoms with van der Waals surface area (Å²) >= 11 is 0. The quantitative estimate of drug-likeness (QED) is 0.457. The minimum Gasteiger partial charge on any atom is -0.480 e. The lowest BCUT2D eigenvalue weighted by Crippen LogP contribution is -2.65. The zero-order chi connectivity index (χ0) is 24.9. The van der Waals surface area contributed by atoms with E-state index in [0.717, 1.165) is 51.5 Å². The Balaban J connectivity index is 1.57. The summed E-state index contributed by atoms with van der Waals surface area (Å²) in [7, 11) is 0. The first kappa shape index (κ1) is 25.9. The first-order valence-electron chi connectivity index (χ1n) is 13.8. The molecule has 9 atom stereocenters. The highest BCUT2D eigenvalue weighted by Crippen LogP contribution is 2.68. The van der Waals surface area contributed by atoms with Crippen LogP contribution >= 0.6 is 0 Å². The van der Waals surface area contributed by atoms with Crippen LogP contribution in [0.1, 0.15) is 98.8 Å². The molecule has 0 bridgehead atoms. The van der Waals surface area contributed by atoms with E-state index in [-0.39, 0.29) is 16.8 Å². The maximum Gasteiger partial charge on any atom is 0.324 e. The molecule has 4 unspecified atom stereocenters. The van der Waals surface area contributed by atoms with Crippen molar-refractivity contribution >= 4 is 11.9 Å². The number of aliphatic carboxylic acids is 1. The predicted octanol–water partition coefficient (Wildman–Crippen LogP) is 4.78. The molecular formula is C28H47NO5. The third kappa shape index (κ3) is 4.01. The highest BCUT2D eigenvalue weighted by Gasteiger charge is 2.67. The SMILES string of the molecule is CCC(=O)OC1C[C@@]2(C)C(CC[C@@H]3[C@H]2CC[C@@]2(C)[C@H]3CCC2(NCCC(C)C)C(=O)O)CC1O. The van der Waals surface area contributed by atoms with Crippen LogP contribution in [-0.4, -0.2) is 46.4 Å². The Morgan fingerprint density at radius 1 is 1.09 bits per heavy atom. The number of carbonyl (C=O) groups is 2. The van der Waals surface area contributed by atoms with Gasteiger partial charge in [-0.25, -0.2) is 0 Å². The van der Waals surface area contributed by atoms with Crippen LogP contribution in [0.15, 0.2) is 0 Å². The number of carboxylic acids is 1. The third-order valence-electron chi connectivity index (χ3n) is 10.9. The van der Waals surface area contributed by atoms with Gasteiger partial charge < -0.3 is 20.3 Å². The summed E-state index contributed by atoms with van der Waals surface area (Å²) in [5, 5.41) is 24.8. The number of esters is 1. The third-order valence-corrected chi connectivity index (χ3v) is 10.9. The molecule has 6 heteroatoms. The molecule has 0 aromatic heterocycles. The summed E-state index contributed by atoms with van der Waals surface area (Å²) in [5.41, 5.74) is -1.05. The van der Waals surface area contributed by atoms with Gasteiger partial charge in [0.1, 0.15) is 11.6 Å². The van der Waals surface area contributed by atoms with Crippen LogP contribution in [0.2, 0.25) is 0 Å². The second-order valence-corrected chi connectivity index (χ2v) is 12.9. The van der Waals surface area contributed by atoms with E-state index in [9.17, 15) is 19.8 Å². The van der Waals surface area contributed by atoms with Gasteiger partial charge in [-0.3, -0.25) is 9.59 Å². The molecule has 6 nitrogen and oxygen atoms in total. The summed E-state index contributed by atoms with van der Waals surface area (Å²) < 4.78 is 5.70. The molecule has 4 aliphatic rings. The van der Waals surface area contributed by atoms with Crippen LogP contribution in [0.4, 0.5) is 0 Å². The van der Waals surface area contributed by atoms with Crippen molar-refractivity contribution in [3.63, 3.8) is 0 Å². The zero-order valence-electron chi connectivity index (χ0n) is 21.9. The fourth-order valence-electron chi connectivity index (χ4n) is 8.96. The number of aliphatic hydroxyl groups excluding tert-OH is 1. The molecule has 0 aromatic rings. The van der Waals surface area contributed by atoms with Crippen molar-refractivity contribution in [1.29, 1.82) is 0 Å². The van der Waals surface area contributed by atoms with Gasteiger partial charge in [0.05, 0.1) is 6.10 Å². The first-order chi connectivity index (χ1) is 16.0. The molecule has 0 spiro atoms. The molecule has 194 valence electrons. The van der Waals surface area contributed by atoms with Gasteiger partial charge >= 0.3 is 11.9 Å². The lowest BCUT2D eigenvalue weighted by Gasteiger charge is -2.62. The Labute approximate surface area is 205 Å². The van der Waals surface area contributed by atoms with E-state index in [1.54, 1.807) is 6.92 Å². The summed E-state index contributed by atoms with van der Waals surface area (Å²) in [6, 6.07) is 0. The first-order valence-corrected chi connectivity index (χ1v) is 13.8. The van der Waals surface area contributed by atoms with Crippen LogP contribution in [0.25, 0.3) is 0 Å². The van der Waals surface area contributed by atoms with Gasteiger partial charge in [-0.05, 0) is 105 Å². The Morgan fingerprint density at radius 2 is 1.79 bits per heavy atom. The van der Waals surface area contributed by atoms with Crippen LogP contribution < -0.4 is 5.32 Å². The van der Waals surface area contributed by atoms with Gasteiger partial charge in [-0.2, -0.15) is 0 Å². The van der Waals surface area contributed by atoms with Crippen molar-refractivity contribution in [2.24, 2.45) is 40.4 Å².